The minimum atomic E-state index is -2.22. The van der Waals surface area contributed by atoms with Crippen LogP contribution in [0.3, 0.4) is 0 Å². The maximum absolute atomic E-state index is 10.8. The van der Waals surface area contributed by atoms with Crippen molar-refractivity contribution in [3.8, 4) is 5.75 Å². The van der Waals surface area contributed by atoms with E-state index in [0.717, 1.165) is 12.1 Å². The second-order valence-corrected chi connectivity index (χ2v) is 2.73. The Morgan fingerprint density at radius 1 is 1.12 bits per heavy atom. The van der Waals surface area contributed by atoms with Gasteiger partial charge in [-0.1, -0.05) is 6.07 Å². The van der Waals surface area contributed by atoms with Gasteiger partial charge in [-0.25, -0.2) is 9.59 Å². The van der Waals surface area contributed by atoms with E-state index in [-0.39, 0.29) is 0 Å². The van der Waals surface area contributed by atoms with Gasteiger partial charge in [0.2, 0.25) is 0 Å². The van der Waals surface area contributed by atoms with Gasteiger partial charge in [0.25, 0.3) is 0 Å². The molecule has 0 heterocycles. The lowest BCUT2D eigenvalue weighted by Crippen LogP contribution is -2.23. The molecule has 0 aliphatic rings. The Hall–Kier alpha value is -2.06. The molecule has 0 aliphatic heterocycles. The van der Waals surface area contributed by atoms with Crippen LogP contribution in [-0.2, 0) is 0 Å². The first-order chi connectivity index (χ1) is 7.43. The van der Waals surface area contributed by atoms with Crippen molar-refractivity contribution in [1.29, 1.82) is 0 Å². The molecular weight excluding hydrogens is 219 g/mol. The van der Waals surface area contributed by atoms with E-state index in [1.54, 1.807) is 0 Å². The first-order valence-electron chi connectivity index (χ1n) is 4.06. The first kappa shape index (κ1) is 12.0. The quantitative estimate of drug-likeness (QED) is 0.506. The zero-order valence-corrected chi connectivity index (χ0v) is 7.82. The van der Waals surface area contributed by atoms with Crippen molar-refractivity contribution in [3.05, 3.63) is 29.3 Å². The van der Waals surface area contributed by atoms with E-state index in [1.807, 2.05) is 0 Å². The topological polar surface area (TPSA) is 124 Å². The van der Waals surface area contributed by atoms with E-state index in [9.17, 15) is 9.59 Å². The molecular formula is C8H7BO7. The molecule has 1 aromatic rings. The number of rotatable bonds is 4. The normalized spacial score (nSPS) is 9.62. The molecule has 0 aromatic heterocycles. The third-order valence-electron chi connectivity index (χ3n) is 1.70. The Balaban J connectivity index is 3.32. The van der Waals surface area contributed by atoms with Crippen LogP contribution in [0.25, 0.3) is 0 Å². The number of carbonyl (C=O) groups is 2. The molecule has 0 unspecified atom stereocenters. The lowest BCUT2D eigenvalue weighted by Gasteiger charge is -2.09. The van der Waals surface area contributed by atoms with Crippen LogP contribution in [0.15, 0.2) is 18.2 Å². The predicted octanol–water partition coefficient (Wildman–Crippen LogP) is -0.569. The lowest BCUT2D eigenvalue weighted by molar-refractivity contribution is 0.0649. The van der Waals surface area contributed by atoms with Crippen molar-refractivity contribution in [2.75, 3.05) is 0 Å². The van der Waals surface area contributed by atoms with Crippen molar-refractivity contribution >= 4 is 19.3 Å². The number of carboxylic acids is 2. The maximum Gasteiger partial charge on any atom is 0.707 e. The highest BCUT2D eigenvalue weighted by Crippen LogP contribution is 2.22. The van der Waals surface area contributed by atoms with Gasteiger partial charge in [-0.05, 0) is 12.1 Å². The summed E-state index contributed by atoms with van der Waals surface area (Å²) in [5.74, 6) is -3.41. The summed E-state index contributed by atoms with van der Waals surface area (Å²) in [5.41, 5.74) is -1.13. The molecule has 84 valence electrons. The molecule has 8 heteroatoms. The van der Waals surface area contributed by atoms with E-state index in [0.29, 0.717) is 0 Å². The Morgan fingerprint density at radius 3 is 2.19 bits per heavy atom. The molecule has 0 bridgehead atoms. The van der Waals surface area contributed by atoms with E-state index >= 15 is 0 Å². The molecule has 0 amide bonds. The minimum absolute atomic E-state index is 0.428. The largest absolute Gasteiger partial charge is 0.707 e. The van der Waals surface area contributed by atoms with E-state index in [2.05, 4.69) is 4.65 Å². The Bertz CT molecular complexity index is 428. The van der Waals surface area contributed by atoms with Gasteiger partial charge in [-0.15, -0.1) is 0 Å². The molecule has 7 nitrogen and oxygen atoms in total. The highest BCUT2D eigenvalue weighted by atomic mass is 16.6. The van der Waals surface area contributed by atoms with E-state index in [4.69, 9.17) is 20.3 Å². The molecule has 0 fully saturated rings. The third-order valence-corrected chi connectivity index (χ3v) is 1.70. The summed E-state index contributed by atoms with van der Waals surface area (Å²) in [6, 6.07) is 3.42. The summed E-state index contributed by atoms with van der Waals surface area (Å²) >= 11 is 0. The Morgan fingerprint density at radius 2 is 1.75 bits per heavy atom. The van der Waals surface area contributed by atoms with Crippen LogP contribution in [0.2, 0.25) is 0 Å². The molecule has 0 saturated carbocycles. The standard InChI is InChI=1S/C8H7BO7/c10-7(11)4-2-1-3-5(16-9(14)15)6(4)8(12)13/h1-3,14-15H,(H,10,11)(H,12,13). The fourth-order valence-corrected chi connectivity index (χ4v) is 1.14. The second kappa shape index (κ2) is 4.64. The molecule has 0 spiro atoms. The van der Waals surface area contributed by atoms with Gasteiger partial charge in [0.1, 0.15) is 11.3 Å². The SMILES string of the molecule is O=C(O)c1cccc(OB(O)O)c1C(=O)O. The zero-order valence-electron chi connectivity index (χ0n) is 7.82. The van der Waals surface area contributed by atoms with Crippen molar-refractivity contribution in [1.82, 2.24) is 0 Å². The van der Waals surface area contributed by atoms with Crippen molar-refractivity contribution in [2.24, 2.45) is 0 Å². The van der Waals surface area contributed by atoms with Crippen LogP contribution < -0.4 is 4.65 Å². The highest BCUT2D eigenvalue weighted by Gasteiger charge is 2.23. The molecule has 4 N–H and O–H groups in total. The van der Waals surface area contributed by atoms with Crippen molar-refractivity contribution < 1.29 is 34.5 Å². The van der Waals surface area contributed by atoms with Crippen LogP contribution in [0.5, 0.6) is 5.75 Å². The second-order valence-electron chi connectivity index (χ2n) is 2.73. The van der Waals surface area contributed by atoms with Crippen LogP contribution in [0.1, 0.15) is 20.7 Å². The monoisotopic (exact) mass is 226 g/mol. The van der Waals surface area contributed by atoms with Crippen molar-refractivity contribution in [3.63, 3.8) is 0 Å². The van der Waals surface area contributed by atoms with Crippen LogP contribution in [-0.4, -0.2) is 39.5 Å². The summed E-state index contributed by atoms with van der Waals surface area (Å²) in [5, 5.41) is 34.6. The van der Waals surface area contributed by atoms with Gasteiger partial charge >= 0.3 is 19.3 Å². The Kier molecular flexibility index (Phi) is 3.49. The van der Waals surface area contributed by atoms with E-state index in [1.165, 1.54) is 6.07 Å². The number of hydrogen-bond acceptors (Lipinski definition) is 5. The summed E-state index contributed by atoms with van der Waals surface area (Å²) < 4.78 is 4.36. The van der Waals surface area contributed by atoms with Gasteiger partial charge in [0.15, 0.2) is 0 Å². The van der Waals surface area contributed by atoms with E-state index < -0.39 is 36.1 Å². The average molecular weight is 226 g/mol. The molecule has 0 atom stereocenters. The van der Waals surface area contributed by atoms with Crippen molar-refractivity contribution in [2.45, 2.75) is 0 Å². The molecule has 16 heavy (non-hydrogen) atoms. The number of carboxylic acid groups (broad SMARTS) is 2. The summed E-state index contributed by atoms with van der Waals surface area (Å²) in [7, 11) is -2.22. The number of aromatic carboxylic acids is 2. The predicted molar refractivity (Wildman–Crippen MR) is 51.2 cm³/mol. The fourth-order valence-electron chi connectivity index (χ4n) is 1.14. The van der Waals surface area contributed by atoms with Gasteiger partial charge in [-0.3, -0.25) is 0 Å². The Labute approximate surface area is 89.7 Å². The fraction of sp³-hybridized carbons (Fsp3) is 0. The first-order valence-corrected chi connectivity index (χ1v) is 4.06. The van der Waals surface area contributed by atoms with Gasteiger partial charge < -0.3 is 24.9 Å². The lowest BCUT2D eigenvalue weighted by atomic mass is 10.1. The van der Waals surface area contributed by atoms with Gasteiger partial charge in [0.05, 0.1) is 5.56 Å². The number of benzene rings is 1. The molecule has 1 rings (SSSR count). The van der Waals surface area contributed by atoms with Gasteiger partial charge in [0, 0.05) is 0 Å². The van der Waals surface area contributed by atoms with Gasteiger partial charge in [-0.2, -0.15) is 0 Å². The maximum atomic E-state index is 10.8. The van der Waals surface area contributed by atoms with Crippen LogP contribution in [0, 0.1) is 0 Å². The van der Waals surface area contributed by atoms with Crippen LogP contribution in [0.4, 0.5) is 0 Å². The summed E-state index contributed by atoms with van der Waals surface area (Å²) in [4.78, 5) is 21.5. The third kappa shape index (κ3) is 2.50. The molecule has 0 aliphatic carbocycles. The minimum Gasteiger partial charge on any atom is -0.511 e. The molecule has 1 aromatic carbocycles. The number of hydrogen-bond donors (Lipinski definition) is 4. The highest BCUT2D eigenvalue weighted by molar-refractivity contribution is 6.34. The summed E-state index contributed by atoms with van der Waals surface area (Å²) in [6.07, 6.45) is 0. The smallest absolute Gasteiger partial charge is 0.511 e. The molecule has 0 radical (unpaired) electrons. The van der Waals surface area contributed by atoms with Crippen LogP contribution >= 0.6 is 0 Å². The zero-order chi connectivity index (χ0) is 12.3. The molecule has 0 saturated heterocycles. The average Bonchev–Trinajstić information content (AvgIpc) is 2.15. The summed E-state index contributed by atoms with van der Waals surface area (Å²) in [6.45, 7) is 0.